The normalized spacial score (nSPS) is 10.7. The van der Waals surface area contributed by atoms with E-state index in [1.165, 1.54) is 32.1 Å². The summed E-state index contributed by atoms with van der Waals surface area (Å²) in [7, 11) is 1.38. The highest BCUT2D eigenvalue weighted by Crippen LogP contribution is 2.34. The molecule has 0 aliphatic carbocycles. The number of rotatable bonds is 7. The number of benzene rings is 2. The van der Waals surface area contributed by atoms with Crippen LogP contribution in [0.4, 0.5) is 0 Å². The second-order valence-corrected chi connectivity index (χ2v) is 6.73. The van der Waals surface area contributed by atoms with Crippen molar-refractivity contribution in [1.29, 1.82) is 5.26 Å². The lowest BCUT2D eigenvalue weighted by atomic mass is 9.97. The highest BCUT2D eigenvalue weighted by molar-refractivity contribution is 5.99. The van der Waals surface area contributed by atoms with Gasteiger partial charge in [0.2, 0.25) is 0 Å². The predicted octanol–water partition coefficient (Wildman–Crippen LogP) is 5.62. The van der Waals surface area contributed by atoms with Gasteiger partial charge in [-0.15, -0.1) is 0 Å². The lowest BCUT2D eigenvalue weighted by Crippen LogP contribution is -2.00. The summed E-state index contributed by atoms with van der Waals surface area (Å²) in [5, 5.41) is 10.3. The van der Waals surface area contributed by atoms with Gasteiger partial charge in [-0.1, -0.05) is 38.3 Å². The van der Waals surface area contributed by atoms with Gasteiger partial charge in [0.05, 0.1) is 24.3 Å². The van der Waals surface area contributed by atoms with E-state index in [1.807, 2.05) is 30.3 Å². The number of carbonyl (C=O) groups excluding carboxylic acids is 1. The van der Waals surface area contributed by atoms with Gasteiger partial charge in [-0.3, -0.25) is 0 Å². The maximum Gasteiger partial charge on any atom is 0.337 e. The van der Waals surface area contributed by atoms with Crippen LogP contribution < -0.4 is 0 Å². The molecule has 0 saturated carbocycles. The number of hydrogen-bond acceptors (Lipinski definition) is 3. The Morgan fingerprint density at radius 3 is 2.56 bits per heavy atom. The number of nitrogens with zero attached hydrogens (tertiary/aromatic N) is 1. The van der Waals surface area contributed by atoms with Crippen LogP contribution >= 0.6 is 0 Å². The number of aromatic amines is 1. The Balaban J connectivity index is 2.04. The van der Waals surface area contributed by atoms with Crippen molar-refractivity contribution in [3.63, 3.8) is 0 Å². The van der Waals surface area contributed by atoms with Gasteiger partial charge in [-0.05, 0) is 48.7 Å². The van der Waals surface area contributed by atoms with E-state index in [9.17, 15) is 10.1 Å². The molecule has 3 aromatic rings. The largest absolute Gasteiger partial charge is 0.465 e. The summed E-state index contributed by atoms with van der Waals surface area (Å²) < 4.78 is 4.79. The molecule has 0 amide bonds. The van der Waals surface area contributed by atoms with E-state index in [0.29, 0.717) is 11.1 Å². The maximum absolute atomic E-state index is 11.7. The molecule has 2 aromatic carbocycles. The Bertz CT molecular complexity index is 978. The van der Waals surface area contributed by atoms with Crippen molar-refractivity contribution >= 4 is 16.9 Å². The number of unbranched alkanes of at least 4 members (excludes halogenated alkanes) is 3. The first-order chi connectivity index (χ1) is 13.2. The summed E-state index contributed by atoms with van der Waals surface area (Å²) in [4.78, 5) is 15.3. The summed E-state index contributed by atoms with van der Waals surface area (Å²) in [5.41, 5.74) is 5.55. The zero-order valence-electron chi connectivity index (χ0n) is 15.8. The van der Waals surface area contributed by atoms with E-state index in [4.69, 9.17) is 4.74 Å². The molecule has 138 valence electrons. The number of nitriles is 1. The van der Waals surface area contributed by atoms with Crippen molar-refractivity contribution in [2.45, 2.75) is 39.0 Å². The number of nitrogens with one attached hydrogen (secondary N) is 1. The highest BCUT2D eigenvalue weighted by Gasteiger charge is 2.15. The third kappa shape index (κ3) is 4.03. The molecule has 1 aromatic heterocycles. The lowest BCUT2D eigenvalue weighted by Gasteiger charge is -2.07. The molecule has 0 aliphatic heterocycles. The number of H-pyrrole nitrogens is 1. The van der Waals surface area contributed by atoms with Crippen LogP contribution in [0.25, 0.3) is 22.0 Å². The third-order valence-electron chi connectivity index (χ3n) is 4.88. The smallest absolute Gasteiger partial charge is 0.337 e. The number of ether oxygens (including phenoxy) is 1. The number of hydrogen-bond donors (Lipinski definition) is 1. The quantitative estimate of drug-likeness (QED) is 0.439. The Morgan fingerprint density at radius 1 is 1.11 bits per heavy atom. The Kier molecular flexibility index (Phi) is 5.93. The van der Waals surface area contributed by atoms with Gasteiger partial charge in [0.1, 0.15) is 0 Å². The molecule has 0 fully saturated rings. The molecule has 27 heavy (non-hydrogen) atoms. The molecule has 1 heterocycles. The summed E-state index contributed by atoms with van der Waals surface area (Å²) in [6.07, 6.45) is 5.74. The van der Waals surface area contributed by atoms with Gasteiger partial charge < -0.3 is 9.72 Å². The van der Waals surface area contributed by atoms with Crippen molar-refractivity contribution in [2.24, 2.45) is 0 Å². The average Bonchev–Trinajstić information content (AvgIpc) is 3.08. The summed E-state index contributed by atoms with van der Waals surface area (Å²) in [5.74, 6) is -0.341. The van der Waals surface area contributed by atoms with Crippen LogP contribution in [0.1, 0.15) is 54.2 Å². The van der Waals surface area contributed by atoms with E-state index < -0.39 is 0 Å². The van der Waals surface area contributed by atoms with Gasteiger partial charge in [0, 0.05) is 22.2 Å². The topological polar surface area (TPSA) is 65.9 Å². The number of esters is 1. The molecule has 1 N–H and O–H groups in total. The second-order valence-electron chi connectivity index (χ2n) is 6.73. The number of carbonyl (C=O) groups is 1. The van der Waals surface area contributed by atoms with E-state index in [0.717, 1.165) is 34.9 Å². The number of methoxy groups -OCH3 is 1. The van der Waals surface area contributed by atoms with Crippen molar-refractivity contribution in [3.8, 4) is 17.2 Å². The highest BCUT2D eigenvalue weighted by atomic mass is 16.5. The summed E-state index contributed by atoms with van der Waals surface area (Å²) in [6, 6.07) is 15.4. The van der Waals surface area contributed by atoms with Gasteiger partial charge in [-0.2, -0.15) is 5.26 Å². The molecule has 0 unspecified atom stereocenters. The molecule has 3 rings (SSSR count). The molecule has 0 atom stereocenters. The van der Waals surface area contributed by atoms with Gasteiger partial charge in [0.25, 0.3) is 0 Å². The average molecular weight is 360 g/mol. The number of aromatic nitrogens is 1. The number of fused-ring (bicyclic) bond motifs is 1. The molecule has 0 spiro atoms. The molecule has 0 radical (unpaired) electrons. The molecule has 0 aliphatic rings. The fourth-order valence-corrected chi connectivity index (χ4v) is 3.45. The minimum atomic E-state index is -0.341. The van der Waals surface area contributed by atoms with Crippen LogP contribution in [-0.2, 0) is 11.2 Å². The van der Waals surface area contributed by atoms with Crippen LogP contribution in [0.2, 0.25) is 0 Å². The van der Waals surface area contributed by atoms with E-state index in [1.54, 1.807) is 12.1 Å². The minimum Gasteiger partial charge on any atom is -0.465 e. The molecule has 0 bridgehead atoms. The zero-order valence-corrected chi connectivity index (χ0v) is 15.8. The monoisotopic (exact) mass is 360 g/mol. The molecular weight excluding hydrogens is 336 g/mol. The van der Waals surface area contributed by atoms with Crippen LogP contribution in [0, 0.1) is 11.3 Å². The first-order valence-electron chi connectivity index (χ1n) is 9.41. The molecule has 4 heteroatoms. The van der Waals surface area contributed by atoms with Crippen LogP contribution in [0.5, 0.6) is 0 Å². The first kappa shape index (κ1) is 18.7. The molecular formula is C23H24N2O2. The summed E-state index contributed by atoms with van der Waals surface area (Å²) >= 11 is 0. The number of aryl methyl sites for hydroxylation is 1. The van der Waals surface area contributed by atoms with E-state index >= 15 is 0 Å². The van der Waals surface area contributed by atoms with Crippen molar-refractivity contribution < 1.29 is 9.53 Å². The van der Waals surface area contributed by atoms with Crippen LogP contribution in [-0.4, -0.2) is 18.1 Å². The SMILES string of the molecule is CCCCCCc1[nH]c2ccc(C#N)cc2c1-c1ccc(C(=O)OC)cc1. The van der Waals surface area contributed by atoms with E-state index in [2.05, 4.69) is 18.0 Å². The molecule has 4 nitrogen and oxygen atoms in total. The fourth-order valence-electron chi connectivity index (χ4n) is 3.45. The maximum atomic E-state index is 11.7. The van der Waals surface area contributed by atoms with Gasteiger partial charge in [0.15, 0.2) is 0 Å². The third-order valence-corrected chi connectivity index (χ3v) is 4.88. The Hall–Kier alpha value is -3.06. The molecule has 0 saturated heterocycles. The Morgan fingerprint density at radius 2 is 1.89 bits per heavy atom. The standard InChI is InChI=1S/C23H24N2O2/c1-3-4-5-6-7-21-22(17-9-11-18(12-10-17)23(26)27-2)19-14-16(15-24)8-13-20(19)25-21/h8-14,25H,3-7H2,1-2H3. The van der Waals surface area contributed by atoms with Gasteiger partial charge in [-0.25, -0.2) is 4.79 Å². The van der Waals surface area contributed by atoms with Crippen molar-refractivity contribution in [3.05, 3.63) is 59.3 Å². The van der Waals surface area contributed by atoms with Crippen molar-refractivity contribution in [2.75, 3.05) is 7.11 Å². The lowest BCUT2D eigenvalue weighted by molar-refractivity contribution is 0.0601. The first-order valence-corrected chi connectivity index (χ1v) is 9.41. The van der Waals surface area contributed by atoms with E-state index in [-0.39, 0.29) is 5.97 Å². The summed E-state index contributed by atoms with van der Waals surface area (Å²) in [6.45, 7) is 2.21. The zero-order chi connectivity index (χ0) is 19.2. The second kappa shape index (κ2) is 8.55. The minimum absolute atomic E-state index is 0.341. The Labute approximate surface area is 159 Å². The van der Waals surface area contributed by atoms with Gasteiger partial charge >= 0.3 is 5.97 Å². The van der Waals surface area contributed by atoms with Crippen LogP contribution in [0.15, 0.2) is 42.5 Å². The van der Waals surface area contributed by atoms with Crippen molar-refractivity contribution in [1.82, 2.24) is 4.98 Å². The predicted molar refractivity (Wildman–Crippen MR) is 108 cm³/mol. The fraction of sp³-hybridized carbons (Fsp3) is 0.304. The van der Waals surface area contributed by atoms with Crippen LogP contribution in [0.3, 0.4) is 0 Å².